The molecule has 0 fully saturated rings. The number of hydrogen-bond acceptors (Lipinski definition) is 9. The third kappa shape index (κ3) is 24.8. The zero-order chi connectivity index (χ0) is 26.2. The molecular weight excluding hydrogens is 551 g/mol. The first-order valence-corrected chi connectivity index (χ1v) is 16.5. The second kappa shape index (κ2) is 13.3. The Kier molecular flexibility index (Phi) is 14.2. The van der Waals surface area contributed by atoms with E-state index < -0.39 is 81.9 Å². The van der Waals surface area contributed by atoms with Gasteiger partial charge in [-0.3, -0.25) is 37.4 Å². The summed E-state index contributed by atoms with van der Waals surface area (Å²) in [6.45, 7) is -0.851. The van der Waals surface area contributed by atoms with E-state index in [0.717, 1.165) is 7.11 Å². The van der Waals surface area contributed by atoms with E-state index in [2.05, 4.69) is 4.52 Å². The molecule has 24 heteroatoms. The molecule has 0 aromatic rings. The van der Waals surface area contributed by atoms with Crippen LogP contribution in [0, 0.1) is 0 Å². The standard InChI is InChI=1S/C4H14NO9P3.C4H11NO8P2/c1-14-17(12,13)4-5(2-15(6,7)8)3-16(9,10)11;6-4(7)1-5(2-14(8,9)10)3-15(11,12)13/h2-4H2,1H3,(H,12,13)(H2,6,7,8)(H2,9,10,11);1-3H2,(H,6,7)(H2,8,9,10)(H2,11,12,13). The van der Waals surface area contributed by atoms with Gasteiger partial charge in [-0.15, -0.1) is 0 Å². The van der Waals surface area contributed by atoms with Crippen LogP contribution < -0.4 is 0 Å². The van der Waals surface area contributed by atoms with Crippen molar-refractivity contribution in [3.8, 4) is 0 Å². The van der Waals surface area contributed by atoms with E-state index >= 15 is 0 Å². The second-order valence-corrected chi connectivity index (χ2v) is 14.5. The summed E-state index contributed by atoms with van der Waals surface area (Å²) in [5.41, 5.74) is 0. The predicted octanol–water partition coefficient (Wildman–Crippen LogP) is -2.01. The molecule has 0 saturated carbocycles. The molecule has 19 nitrogen and oxygen atoms in total. The number of carbonyl (C=O) groups is 1. The highest BCUT2D eigenvalue weighted by atomic mass is 31.2. The van der Waals surface area contributed by atoms with Crippen molar-refractivity contribution in [3.63, 3.8) is 0 Å². The van der Waals surface area contributed by atoms with E-state index in [9.17, 15) is 27.6 Å². The second-order valence-electron chi connectivity index (χ2n) is 6.08. The molecule has 0 heterocycles. The number of nitrogens with zero attached hydrogens (tertiary/aromatic N) is 2. The molecule has 0 rings (SSSR count). The summed E-state index contributed by atoms with van der Waals surface area (Å²) in [5, 5.41) is 8.33. The Morgan fingerprint density at radius 3 is 1.12 bits per heavy atom. The number of hydrogen-bond donors (Lipinski definition) is 10. The fourth-order valence-electron chi connectivity index (χ4n) is 1.82. The van der Waals surface area contributed by atoms with Gasteiger partial charge in [-0.05, 0) is 0 Å². The maximum atomic E-state index is 11.2. The highest BCUT2D eigenvalue weighted by Gasteiger charge is 2.31. The van der Waals surface area contributed by atoms with Crippen LogP contribution in [0.1, 0.15) is 0 Å². The Morgan fingerprint density at radius 1 is 0.625 bits per heavy atom. The van der Waals surface area contributed by atoms with Crippen LogP contribution in [0.5, 0.6) is 0 Å². The summed E-state index contributed by atoms with van der Waals surface area (Å²) in [5.74, 6) is -1.43. The third-order valence-corrected chi connectivity index (χ3v) is 6.96. The molecule has 0 aliphatic rings. The SMILES string of the molecule is COP(=O)(O)CN(CP(=O)(O)O)CP(=O)(O)O.O=C(O)CN(CP(=O)(O)O)CP(=O)(O)O. The van der Waals surface area contributed by atoms with E-state index in [1.807, 2.05) is 0 Å². The van der Waals surface area contributed by atoms with Crippen LogP contribution in [0.15, 0.2) is 0 Å². The zero-order valence-electron chi connectivity index (χ0n) is 16.2. The van der Waals surface area contributed by atoms with Crippen molar-refractivity contribution in [3.05, 3.63) is 0 Å². The number of carboxylic acids is 1. The van der Waals surface area contributed by atoms with Crippen LogP contribution in [0.25, 0.3) is 0 Å². The summed E-state index contributed by atoms with van der Waals surface area (Å²) < 4.78 is 57.7. The molecule has 0 aromatic carbocycles. The third-order valence-electron chi connectivity index (χ3n) is 2.56. The van der Waals surface area contributed by atoms with E-state index in [-0.39, 0.29) is 0 Å². The molecule has 1 atom stereocenters. The quantitative estimate of drug-likeness (QED) is 0.106. The van der Waals surface area contributed by atoms with Crippen LogP contribution in [0.2, 0.25) is 0 Å². The minimum absolute atomic E-state index is 0.490. The normalized spacial score (nSPS) is 15.2. The zero-order valence-corrected chi connectivity index (χ0v) is 20.7. The van der Waals surface area contributed by atoms with Gasteiger partial charge in [0.1, 0.15) is 31.4 Å². The molecule has 194 valence electrons. The predicted molar refractivity (Wildman–Crippen MR) is 106 cm³/mol. The lowest BCUT2D eigenvalue weighted by molar-refractivity contribution is -0.137. The summed E-state index contributed by atoms with van der Waals surface area (Å²) in [7, 11) is -21.6. The Bertz CT molecular complexity index is 790. The lowest BCUT2D eigenvalue weighted by Gasteiger charge is -2.24. The number of carboxylic acid groups (broad SMARTS) is 1. The smallest absolute Gasteiger partial charge is 0.341 e. The first-order valence-electron chi connectivity index (χ1n) is 7.56. The molecule has 32 heavy (non-hydrogen) atoms. The van der Waals surface area contributed by atoms with Gasteiger partial charge >= 0.3 is 43.9 Å². The molecule has 0 radical (unpaired) electrons. The Morgan fingerprint density at radius 2 is 0.906 bits per heavy atom. The van der Waals surface area contributed by atoms with E-state index in [0.29, 0.717) is 9.80 Å². The van der Waals surface area contributed by atoms with Gasteiger partial charge in [0.05, 0.1) is 6.54 Å². The Balaban J connectivity index is 0. The van der Waals surface area contributed by atoms with Crippen LogP contribution in [0.3, 0.4) is 0 Å². The van der Waals surface area contributed by atoms with Gasteiger partial charge in [0.2, 0.25) is 0 Å². The van der Waals surface area contributed by atoms with Gasteiger partial charge in [-0.2, -0.15) is 0 Å². The molecular formula is C8H25N2O17P5. The maximum absolute atomic E-state index is 11.2. The van der Waals surface area contributed by atoms with Crippen molar-refractivity contribution in [2.45, 2.75) is 0 Å². The van der Waals surface area contributed by atoms with Crippen molar-refractivity contribution in [2.75, 3.05) is 45.1 Å². The number of aliphatic carboxylic acids is 1. The lowest BCUT2D eigenvalue weighted by atomic mass is 10.6. The van der Waals surface area contributed by atoms with E-state index in [4.69, 9.17) is 49.1 Å². The summed E-state index contributed by atoms with van der Waals surface area (Å²) >= 11 is 0. The van der Waals surface area contributed by atoms with Crippen LogP contribution in [-0.2, 0) is 32.1 Å². The van der Waals surface area contributed by atoms with E-state index in [1.165, 1.54) is 0 Å². The topological polar surface area (TPSA) is 320 Å². The molecule has 0 spiro atoms. The van der Waals surface area contributed by atoms with Gasteiger partial charge in [-0.1, -0.05) is 0 Å². The molecule has 0 saturated heterocycles. The molecule has 0 aliphatic carbocycles. The highest BCUT2D eigenvalue weighted by molar-refractivity contribution is 7.54. The van der Waals surface area contributed by atoms with Gasteiger partial charge < -0.3 is 53.7 Å². The van der Waals surface area contributed by atoms with Crippen molar-refractivity contribution in [1.82, 2.24) is 9.80 Å². The first-order chi connectivity index (χ1) is 13.8. The van der Waals surface area contributed by atoms with Gasteiger partial charge in [-0.25, -0.2) is 0 Å². The average molecular weight is 576 g/mol. The Hall–Kier alpha value is 0.140. The minimum atomic E-state index is -4.61. The van der Waals surface area contributed by atoms with Gasteiger partial charge in [0.25, 0.3) is 0 Å². The molecule has 0 aromatic heterocycles. The Labute approximate surface area is 180 Å². The van der Waals surface area contributed by atoms with Crippen molar-refractivity contribution < 1.29 is 81.3 Å². The van der Waals surface area contributed by atoms with Crippen LogP contribution in [0.4, 0.5) is 0 Å². The lowest BCUT2D eigenvalue weighted by Crippen LogP contribution is -2.31. The van der Waals surface area contributed by atoms with Crippen molar-refractivity contribution in [1.29, 1.82) is 0 Å². The fraction of sp³-hybridized carbons (Fsp3) is 0.875. The monoisotopic (exact) mass is 576 g/mol. The minimum Gasteiger partial charge on any atom is -0.480 e. The summed E-state index contributed by atoms with van der Waals surface area (Å²) in [4.78, 5) is 89.0. The maximum Gasteiger partial charge on any atom is 0.341 e. The first kappa shape index (κ1) is 34.3. The van der Waals surface area contributed by atoms with Gasteiger partial charge in [0.15, 0.2) is 0 Å². The highest BCUT2D eigenvalue weighted by Crippen LogP contribution is 2.47. The van der Waals surface area contributed by atoms with Gasteiger partial charge in [0, 0.05) is 7.11 Å². The van der Waals surface area contributed by atoms with Crippen LogP contribution in [-0.4, -0.2) is 110 Å². The molecule has 0 aliphatic heterocycles. The summed E-state index contributed by atoms with van der Waals surface area (Å²) in [6.07, 6.45) is -5.01. The van der Waals surface area contributed by atoms with Crippen molar-refractivity contribution >= 4 is 43.9 Å². The van der Waals surface area contributed by atoms with Crippen LogP contribution >= 0.6 is 38.0 Å². The average Bonchev–Trinajstić information content (AvgIpc) is 2.38. The number of rotatable bonds is 13. The largest absolute Gasteiger partial charge is 0.480 e. The molecule has 0 amide bonds. The molecule has 10 N–H and O–H groups in total. The van der Waals surface area contributed by atoms with E-state index in [1.54, 1.807) is 0 Å². The fourth-order valence-corrected chi connectivity index (χ4v) is 6.16. The van der Waals surface area contributed by atoms with Crippen molar-refractivity contribution in [2.24, 2.45) is 0 Å². The molecule has 1 unspecified atom stereocenters. The molecule has 0 bridgehead atoms. The summed E-state index contributed by atoms with van der Waals surface area (Å²) in [6, 6.07) is 0.